The number of nitro benzene ring substituents is 1. The summed E-state index contributed by atoms with van der Waals surface area (Å²) < 4.78 is 0. The van der Waals surface area contributed by atoms with E-state index >= 15 is 0 Å². The van der Waals surface area contributed by atoms with Gasteiger partial charge in [-0.2, -0.15) is 0 Å². The average Bonchev–Trinajstić information content (AvgIpc) is 2.08. The number of anilines is 1. The SMILES string of the molecule is Nc1ccc([N+](=O)[O-])cc1CC=O. The lowest BCUT2D eigenvalue weighted by Crippen LogP contribution is -1.97. The molecule has 0 bridgehead atoms. The van der Waals surface area contributed by atoms with Gasteiger partial charge in [-0.1, -0.05) is 0 Å². The number of hydrogen-bond donors (Lipinski definition) is 1. The van der Waals surface area contributed by atoms with Gasteiger partial charge in [-0.3, -0.25) is 10.1 Å². The van der Waals surface area contributed by atoms with Gasteiger partial charge in [0.1, 0.15) is 6.29 Å². The number of nitrogens with zero attached hydrogens (tertiary/aromatic N) is 1. The van der Waals surface area contributed by atoms with Gasteiger partial charge in [-0.15, -0.1) is 0 Å². The zero-order valence-corrected chi connectivity index (χ0v) is 6.77. The molecule has 1 rings (SSSR count). The van der Waals surface area contributed by atoms with E-state index in [1.165, 1.54) is 18.2 Å². The zero-order valence-electron chi connectivity index (χ0n) is 6.77. The minimum Gasteiger partial charge on any atom is -0.398 e. The van der Waals surface area contributed by atoms with Crippen LogP contribution in [0.25, 0.3) is 0 Å². The van der Waals surface area contributed by atoms with E-state index in [9.17, 15) is 14.9 Å². The summed E-state index contributed by atoms with van der Waals surface area (Å²) in [7, 11) is 0. The normalized spacial score (nSPS) is 9.54. The van der Waals surface area contributed by atoms with Crippen LogP contribution in [-0.2, 0) is 11.2 Å². The molecule has 1 aromatic rings. The van der Waals surface area contributed by atoms with Crippen molar-refractivity contribution < 1.29 is 9.72 Å². The molecule has 0 amide bonds. The molecule has 0 aliphatic rings. The van der Waals surface area contributed by atoms with Crippen molar-refractivity contribution in [2.24, 2.45) is 0 Å². The van der Waals surface area contributed by atoms with Crippen molar-refractivity contribution in [2.45, 2.75) is 6.42 Å². The maximum Gasteiger partial charge on any atom is 0.269 e. The molecular formula is C8H8N2O3. The molecule has 5 heteroatoms. The standard InChI is InChI=1S/C8H8N2O3/c9-8-2-1-7(10(12)13)5-6(8)3-4-11/h1-2,4-5H,3,9H2. The Morgan fingerprint density at radius 1 is 1.54 bits per heavy atom. The Labute approximate surface area is 74.3 Å². The number of hydrogen-bond acceptors (Lipinski definition) is 4. The number of aldehydes is 1. The molecule has 0 saturated carbocycles. The molecule has 13 heavy (non-hydrogen) atoms. The van der Waals surface area contributed by atoms with Crippen LogP contribution >= 0.6 is 0 Å². The topological polar surface area (TPSA) is 86.2 Å². The lowest BCUT2D eigenvalue weighted by atomic mass is 10.1. The van der Waals surface area contributed by atoms with Crippen LogP contribution in [0.4, 0.5) is 11.4 Å². The van der Waals surface area contributed by atoms with Gasteiger partial charge in [0.05, 0.1) is 4.92 Å². The summed E-state index contributed by atoms with van der Waals surface area (Å²) in [6.07, 6.45) is 0.767. The van der Waals surface area contributed by atoms with Crippen LogP contribution in [0.5, 0.6) is 0 Å². The van der Waals surface area contributed by atoms with Gasteiger partial charge in [0.15, 0.2) is 0 Å². The summed E-state index contributed by atoms with van der Waals surface area (Å²) in [5, 5.41) is 10.3. The Balaban J connectivity index is 3.10. The van der Waals surface area contributed by atoms with E-state index in [1.54, 1.807) is 0 Å². The van der Waals surface area contributed by atoms with E-state index in [0.717, 1.165) is 0 Å². The van der Waals surface area contributed by atoms with Gasteiger partial charge in [0.25, 0.3) is 5.69 Å². The van der Waals surface area contributed by atoms with Crippen molar-refractivity contribution in [3.05, 3.63) is 33.9 Å². The first-order chi connectivity index (χ1) is 6.15. The van der Waals surface area contributed by atoms with Gasteiger partial charge < -0.3 is 10.5 Å². The van der Waals surface area contributed by atoms with Crippen LogP contribution in [0, 0.1) is 10.1 Å². The lowest BCUT2D eigenvalue weighted by molar-refractivity contribution is -0.384. The molecule has 0 atom stereocenters. The first-order valence-electron chi connectivity index (χ1n) is 3.61. The summed E-state index contributed by atoms with van der Waals surface area (Å²) in [6.45, 7) is 0. The fraction of sp³-hybridized carbons (Fsp3) is 0.125. The highest BCUT2D eigenvalue weighted by atomic mass is 16.6. The minimum atomic E-state index is -0.520. The number of nitrogen functional groups attached to an aromatic ring is 1. The van der Waals surface area contributed by atoms with E-state index in [1.807, 2.05) is 0 Å². The highest BCUT2D eigenvalue weighted by Gasteiger charge is 2.07. The van der Waals surface area contributed by atoms with Crippen LogP contribution < -0.4 is 5.73 Å². The zero-order chi connectivity index (χ0) is 9.84. The van der Waals surface area contributed by atoms with Crippen LogP contribution in [0.3, 0.4) is 0 Å². The molecule has 0 aliphatic heterocycles. The fourth-order valence-corrected chi connectivity index (χ4v) is 0.972. The quantitative estimate of drug-likeness (QED) is 0.324. The molecule has 0 aromatic heterocycles. The van der Waals surface area contributed by atoms with Crippen LogP contribution in [0.1, 0.15) is 5.56 Å². The molecule has 1 aromatic carbocycles. The predicted octanol–water partition coefficient (Wildman–Crippen LogP) is 0.918. The van der Waals surface area contributed by atoms with E-state index in [0.29, 0.717) is 17.5 Å². The van der Waals surface area contributed by atoms with Crippen molar-refractivity contribution >= 4 is 17.7 Å². The average molecular weight is 180 g/mol. The summed E-state index contributed by atoms with van der Waals surface area (Å²) in [6, 6.07) is 4.05. The van der Waals surface area contributed by atoms with E-state index in [4.69, 9.17) is 5.73 Å². The first kappa shape index (κ1) is 9.18. The van der Waals surface area contributed by atoms with Crippen LogP contribution in [0.15, 0.2) is 18.2 Å². The molecular weight excluding hydrogens is 172 g/mol. The molecule has 0 spiro atoms. The molecule has 0 saturated heterocycles. The third-order valence-electron chi connectivity index (χ3n) is 1.64. The molecule has 0 unspecified atom stereocenters. The van der Waals surface area contributed by atoms with Gasteiger partial charge in [-0.25, -0.2) is 0 Å². The number of nitrogens with two attached hydrogens (primary N) is 1. The van der Waals surface area contributed by atoms with Crippen molar-refractivity contribution in [2.75, 3.05) is 5.73 Å². The number of benzene rings is 1. The maximum absolute atomic E-state index is 10.3. The Morgan fingerprint density at radius 2 is 2.23 bits per heavy atom. The van der Waals surface area contributed by atoms with Gasteiger partial charge in [0, 0.05) is 24.2 Å². The Bertz CT molecular complexity index is 349. The van der Waals surface area contributed by atoms with Crippen LogP contribution in [-0.4, -0.2) is 11.2 Å². The highest BCUT2D eigenvalue weighted by molar-refractivity contribution is 5.63. The first-order valence-corrected chi connectivity index (χ1v) is 3.61. The molecule has 0 fully saturated rings. The second-order valence-electron chi connectivity index (χ2n) is 2.51. The largest absolute Gasteiger partial charge is 0.398 e. The van der Waals surface area contributed by atoms with Crippen molar-refractivity contribution in [3.63, 3.8) is 0 Å². The molecule has 5 nitrogen and oxygen atoms in total. The molecule has 2 N–H and O–H groups in total. The summed E-state index contributed by atoms with van der Waals surface area (Å²) in [4.78, 5) is 20.0. The van der Waals surface area contributed by atoms with E-state index in [2.05, 4.69) is 0 Å². The smallest absolute Gasteiger partial charge is 0.269 e. The van der Waals surface area contributed by atoms with Crippen molar-refractivity contribution in [1.82, 2.24) is 0 Å². The minimum absolute atomic E-state index is 0.0500. The van der Waals surface area contributed by atoms with Gasteiger partial charge >= 0.3 is 0 Å². The number of nitro groups is 1. The second kappa shape index (κ2) is 3.66. The molecule has 0 radical (unpaired) electrons. The second-order valence-corrected chi connectivity index (χ2v) is 2.51. The Kier molecular flexibility index (Phi) is 2.59. The molecule has 68 valence electrons. The van der Waals surface area contributed by atoms with Crippen molar-refractivity contribution in [1.29, 1.82) is 0 Å². The van der Waals surface area contributed by atoms with E-state index < -0.39 is 4.92 Å². The van der Waals surface area contributed by atoms with Crippen molar-refractivity contribution in [3.8, 4) is 0 Å². The monoisotopic (exact) mass is 180 g/mol. The number of rotatable bonds is 3. The van der Waals surface area contributed by atoms with Gasteiger partial charge in [0.2, 0.25) is 0 Å². The fourth-order valence-electron chi connectivity index (χ4n) is 0.972. The number of carbonyl (C=O) groups excluding carboxylic acids is 1. The molecule has 0 aliphatic carbocycles. The lowest BCUT2D eigenvalue weighted by Gasteiger charge is -2.00. The third-order valence-corrected chi connectivity index (χ3v) is 1.64. The Hall–Kier alpha value is -1.91. The number of non-ortho nitro benzene ring substituents is 1. The van der Waals surface area contributed by atoms with Crippen LogP contribution in [0.2, 0.25) is 0 Å². The summed E-state index contributed by atoms with van der Waals surface area (Å²) in [5.41, 5.74) is 6.33. The summed E-state index contributed by atoms with van der Waals surface area (Å²) in [5.74, 6) is 0. The predicted molar refractivity (Wildman–Crippen MR) is 47.3 cm³/mol. The summed E-state index contributed by atoms with van der Waals surface area (Å²) >= 11 is 0. The maximum atomic E-state index is 10.3. The number of carbonyl (C=O) groups is 1. The third kappa shape index (κ3) is 2.02. The molecule has 0 heterocycles. The van der Waals surface area contributed by atoms with E-state index in [-0.39, 0.29) is 12.1 Å². The van der Waals surface area contributed by atoms with Gasteiger partial charge in [-0.05, 0) is 11.6 Å². The highest BCUT2D eigenvalue weighted by Crippen LogP contribution is 2.19. The Morgan fingerprint density at radius 3 is 2.77 bits per heavy atom.